The topological polar surface area (TPSA) is 64.1 Å². The van der Waals surface area contributed by atoms with Crippen molar-refractivity contribution in [3.63, 3.8) is 0 Å². The SMILES string of the molecule is CCCCOC1=CC(=[N+]=[N-])C(OCCCC)C=C1Sc1ccc(OC)cc1. The summed E-state index contributed by atoms with van der Waals surface area (Å²) in [4.78, 5) is 5.45. The van der Waals surface area contributed by atoms with Crippen molar-refractivity contribution < 1.29 is 19.0 Å². The summed E-state index contributed by atoms with van der Waals surface area (Å²) in [7, 11) is 1.65. The molecule has 1 aromatic carbocycles. The molecule has 0 aliphatic heterocycles. The zero-order chi connectivity index (χ0) is 19.5. The van der Waals surface area contributed by atoms with Gasteiger partial charge in [-0.15, -0.1) is 0 Å². The highest BCUT2D eigenvalue weighted by molar-refractivity contribution is 8.03. The van der Waals surface area contributed by atoms with Gasteiger partial charge in [0.25, 0.3) is 0 Å². The second-order valence-corrected chi connectivity index (χ2v) is 7.30. The molecule has 5 nitrogen and oxygen atoms in total. The van der Waals surface area contributed by atoms with Gasteiger partial charge in [-0.3, -0.25) is 0 Å². The molecule has 0 amide bonds. The maximum Gasteiger partial charge on any atom is 0.328 e. The predicted octanol–water partition coefficient (Wildman–Crippen LogP) is 5.24. The molecule has 6 heteroatoms. The van der Waals surface area contributed by atoms with E-state index in [0.29, 0.717) is 24.7 Å². The summed E-state index contributed by atoms with van der Waals surface area (Å²) < 4.78 is 17.1. The van der Waals surface area contributed by atoms with Gasteiger partial charge in [0.1, 0.15) is 11.5 Å². The monoisotopic (exact) mass is 388 g/mol. The number of thioether (sulfide) groups is 1. The van der Waals surface area contributed by atoms with Crippen molar-refractivity contribution in [1.29, 1.82) is 0 Å². The normalized spacial score (nSPS) is 16.4. The number of methoxy groups -OCH3 is 1. The van der Waals surface area contributed by atoms with Crippen LogP contribution < -0.4 is 4.74 Å². The highest BCUT2D eigenvalue weighted by Gasteiger charge is 2.29. The van der Waals surface area contributed by atoms with Gasteiger partial charge in [0, 0.05) is 11.5 Å². The molecular formula is C21H28N2O3S. The van der Waals surface area contributed by atoms with Crippen LogP contribution in [0.3, 0.4) is 0 Å². The molecule has 0 heterocycles. The van der Waals surface area contributed by atoms with Crippen LogP contribution >= 0.6 is 11.8 Å². The Labute approximate surface area is 166 Å². The molecule has 27 heavy (non-hydrogen) atoms. The third-order valence-electron chi connectivity index (χ3n) is 4.07. The van der Waals surface area contributed by atoms with Crippen molar-refractivity contribution in [2.75, 3.05) is 20.3 Å². The Hall–Kier alpha value is -2.01. The third-order valence-corrected chi connectivity index (χ3v) is 5.13. The third kappa shape index (κ3) is 6.58. The molecule has 0 saturated carbocycles. The quantitative estimate of drug-likeness (QED) is 0.295. The standard InChI is InChI=1S/C21H28N2O3S/c1-4-6-12-25-19-15-21(27-17-10-8-16(24-3)9-11-17)20(14-18(19)23-22)26-13-7-5-2/h8-11,14-15,19H,4-7,12-13H2,1-3H3. The smallest absolute Gasteiger partial charge is 0.328 e. The van der Waals surface area contributed by atoms with Crippen LogP contribution in [0, 0.1) is 0 Å². The highest BCUT2D eigenvalue weighted by Crippen LogP contribution is 2.36. The maximum atomic E-state index is 9.40. The van der Waals surface area contributed by atoms with Gasteiger partial charge in [-0.25, -0.2) is 0 Å². The molecule has 1 unspecified atom stereocenters. The van der Waals surface area contributed by atoms with E-state index in [1.54, 1.807) is 24.9 Å². The molecule has 0 aromatic heterocycles. The number of unbranched alkanes of at least 4 members (excludes halogenated alkanes) is 2. The average Bonchev–Trinajstić information content (AvgIpc) is 2.70. The highest BCUT2D eigenvalue weighted by atomic mass is 32.2. The zero-order valence-electron chi connectivity index (χ0n) is 16.3. The first-order chi connectivity index (χ1) is 13.2. The first-order valence-corrected chi connectivity index (χ1v) is 10.3. The lowest BCUT2D eigenvalue weighted by Gasteiger charge is -2.20. The number of nitrogens with zero attached hydrogens (tertiary/aromatic N) is 2. The van der Waals surface area contributed by atoms with Crippen LogP contribution in [0.15, 0.2) is 52.0 Å². The second kappa shape index (κ2) is 11.7. The molecular weight excluding hydrogens is 360 g/mol. The van der Waals surface area contributed by atoms with E-state index in [4.69, 9.17) is 14.2 Å². The molecule has 146 valence electrons. The fourth-order valence-corrected chi connectivity index (χ4v) is 3.40. The van der Waals surface area contributed by atoms with Crippen molar-refractivity contribution in [3.8, 4) is 5.75 Å². The number of ether oxygens (including phenoxy) is 3. The predicted molar refractivity (Wildman–Crippen MR) is 109 cm³/mol. The van der Waals surface area contributed by atoms with Crippen molar-refractivity contribution in [2.45, 2.75) is 50.5 Å². The molecule has 0 radical (unpaired) electrons. The van der Waals surface area contributed by atoms with Crippen LogP contribution in [-0.4, -0.2) is 36.9 Å². The van der Waals surface area contributed by atoms with Crippen LogP contribution in [0.25, 0.3) is 5.53 Å². The minimum atomic E-state index is -0.374. The lowest BCUT2D eigenvalue weighted by atomic mass is 10.1. The first-order valence-electron chi connectivity index (χ1n) is 9.44. The summed E-state index contributed by atoms with van der Waals surface area (Å²) in [6.45, 7) is 5.49. The molecule has 1 aromatic rings. The van der Waals surface area contributed by atoms with Crippen LogP contribution in [0.2, 0.25) is 0 Å². The van der Waals surface area contributed by atoms with E-state index in [0.717, 1.165) is 41.2 Å². The summed E-state index contributed by atoms with van der Waals surface area (Å²) in [6.07, 6.45) is 7.42. The molecule has 0 bridgehead atoms. The van der Waals surface area contributed by atoms with Gasteiger partial charge in [-0.05, 0) is 43.2 Å². The van der Waals surface area contributed by atoms with Gasteiger partial charge in [-0.2, -0.15) is 4.79 Å². The van der Waals surface area contributed by atoms with E-state index in [1.807, 2.05) is 30.3 Å². The van der Waals surface area contributed by atoms with Gasteiger partial charge >= 0.3 is 5.71 Å². The molecule has 0 fully saturated rings. The summed E-state index contributed by atoms with van der Waals surface area (Å²) in [6, 6.07) is 7.89. The average molecular weight is 389 g/mol. The van der Waals surface area contributed by atoms with Gasteiger partial charge in [0.05, 0.1) is 24.7 Å². The van der Waals surface area contributed by atoms with Gasteiger partial charge in [-0.1, -0.05) is 38.5 Å². The molecule has 1 aliphatic rings. The van der Waals surface area contributed by atoms with Crippen molar-refractivity contribution >= 4 is 17.5 Å². The molecule has 1 aliphatic carbocycles. The largest absolute Gasteiger partial charge is 0.497 e. The van der Waals surface area contributed by atoms with Crippen molar-refractivity contribution in [2.24, 2.45) is 0 Å². The second-order valence-electron chi connectivity index (χ2n) is 6.19. The van der Waals surface area contributed by atoms with E-state index >= 15 is 0 Å². The lowest BCUT2D eigenvalue weighted by molar-refractivity contribution is -0.0233. The fourth-order valence-electron chi connectivity index (χ4n) is 2.46. The van der Waals surface area contributed by atoms with Gasteiger partial charge < -0.3 is 19.7 Å². The van der Waals surface area contributed by atoms with E-state index in [1.165, 1.54) is 0 Å². The molecule has 0 N–H and O–H groups in total. The Kier molecular flexibility index (Phi) is 9.19. The Bertz CT molecular complexity index is 707. The fraction of sp³-hybridized carbons (Fsp3) is 0.476. The van der Waals surface area contributed by atoms with E-state index in [9.17, 15) is 5.53 Å². The molecule has 1 atom stereocenters. The molecule has 2 rings (SSSR count). The molecule has 0 saturated heterocycles. The van der Waals surface area contributed by atoms with Crippen molar-refractivity contribution in [3.05, 3.63) is 52.6 Å². The summed E-state index contributed by atoms with van der Waals surface area (Å²) >= 11 is 1.60. The summed E-state index contributed by atoms with van der Waals surface area (Å²) in [5.74, 6) is 1.54. The van der Waals surface area contributed by atoms with Crippen LogP contribution in [0.1, 0.15) is 39.5 Å². The van der Waals surface area contributed by atoms with Crippen LogP contribution in [0.5, 0.6) is 5.75 Å². The Balaban J connectivity index is 2.21. The Morgan fingerprint density at radius 3 is 2.41 bits per heavy atom. The number of rotatable bonds is 11. The summed E-state index contributed by atoms with van der Waals surface area (Å²) in [5, 5.41) is 0. The van der Waals surface area contributed by atoms with Crippen LogP contribution in [-0.2, 0) is 9.47 Å². The minimum absolute atomic E-state index is 0.374. The van der Waals surface area contributed by atoms with Gasteiger partial charge in [0.2, 0.25) is 0 Å². The summed E-state index contributed by atoms with van der Waals surface area (Å²) in [5.41, 5.74) is 9.87. The number of benzene rings is 1. The Morgan fingerprint density at radius 2 is 1.78 bits per heavy atom. The maximum absolute atomic E-state index is 9.40. The lowest BCUT2D eigenvalue weighted by Crippen LogP contribution is -2.26. The molecule has 0 spiro atoms. The van der Waals surface area contributed by atoms with Gasteiger partial charge in [0.15, 0.2) is 6.10 Å². The van der Waals surface area contributed by atoms with E-state index in [2.05, 4.69) is 18.6 Å². The first kappa shape index (κ1) is 21.3. The van der Waals surface area contributed by atoms with E-state index in [-0.39, 0.29) is 6.10 Å². The van der Waals surface area contributed by atoms with E-state index < -0.39 is 0 Å². The minimum Gasteiger partial charge on any atom is -0.497 e. The van der Waals surface area contributed by atoms with Crippen LogP contribution in [0.4, 0.5) is 0 Å². The number of hydrogen-bond donors (Lipinski definition) is 0. The van der Waals surface area contributed by atoms with Crippen molar-refractivity contribution in [1.82, 2.24) is 0 Å². The Morgan fingerprint density at radius 1 is 1.07 bits per heavy atom. The number of hydrogen-bond acceptors (Lipinski definition) is 4. The zero-order valence-corrected chi connectivity index (χ0v) is 17.1.